The molecule has 2 rings (SSSR count). The first kappa shape index (κ1) is 16.1. The normalized spacial score (nSPS) is 10.8. The lowest BCUT2D eigenvalue weighted by Crippen LogP contribution is -2.11. The quantitative estimate of drug-likeness (QED) is 0.227. The lowest BCUT2D eigenvalue weighted by Gasteiger charge is -2.05. The molecule has 0 spiro atoms. The zero-order valence-electron chi connectivity index (χ0n) is 11.8. The van der Waals surface area contributed by atoms with Crippen LogP contribution in [0.15, 0.2) is 21.7 Å². The maximum atomic E-state index is 10.5. The molecule has 0 unspecified atom stereocenters. The van der Waals surface area contributed by atoms with Gasteiger partial charge in [-0.2, -0.15) is 20.1 Å². The minimum absolute atomic E-state index is 0.0159. The number of aliphatic hydroxyl groups excluding tert-OH is 1. The van der Waals surface area contributed by atoms with Crippen molar-refractivity contribution in [1.82, 2.24) is 15.0 Å². The standard InChI is InChI=1S/C11H14N8O4/c12-9-15-10(13-4-1-5-20)17-11(16-9)18-14-6-7-2-3-8(23-7)19(21)22/h2-3,6,20H,1,4-5H2,(H4,12,13,15,16,17,18)/b14-6+. The van der Waals surface area contributed by atoms with Gasteiger partial charge < -0.3 is 20.6 Å². The van der Waals surface area contributed by atoms with Crippen LogP contribution in [0.2, 0.25) is 0 Å². The van der Waals surface area contributed by atoms with E-state index in [0.29, 0.717) is 13.0 Å². The first-order valence-corrected chi connectivity index (χ1v) is 6.48. The van der Waals surface area contributed by atoms with E-state index in [0.717, 1.165) is 0 Å². The van der Waals surface area contributed by atoms with Crippen molar-refractivity contribution in [1.29, 1.82) is 0 Å². The van der Waals surface area contributed by atoms with Crippen molar-refractivity contribution in [2.75, 3.05) is 29.6 Å². The number of nitrogens with two attached hydrogens (primary N) is 1. The van der Waals surface area contributed by atoms with E-state index in [-0.39, 0.29) is 36.1 Å². The number of furan rings is 1. The second-order valence-corrected chi connectivity index (χ2v) is 4.15. The van der Waals surface area contributed by atoms with Gasteiger partial charge in [0, 0.05) is 13.2 Å². The van der Waals surface area contributed by atoms with Crippen LogP contribution in [0.25, 0.3) is 0 Å². The predicted octanol–water partition coefficient (Wildman–Crippen LogP) is 0.195. The van der Waals surface area contributed by atoms with E-state index in [1.165, 1.54) is 18.3 Å². The molecule has 0 aliphatic rings. The van der Waals surface area contributed by atoms with Crippen molar-refractivity contribution in [3.63, 3.8) is 0 Å². The molecule has 0 bridgehead atoms. The molecule has 0 saturated carbocycles. The molecule has 0 aliphatic heterocycles. The summed E-state index contributed by atoms with van der Waals surface area (Å²) in [6.45, 7) is 0.511. The number of nitrogens with one attached hydrogen (secondary N) is 2. The average molecular weight is 322 g/mol. The summed E-state index contributed by atoms with van der Waals surface area (Å²) < 4.78 is 4.89. The number of hydrogen-bond donors (Lipinski definition) is 4. The predicted molar refractivity (Wildman–Crippen MR) is 81.0 cm³/mol. The fourth-order valence-electron chi connectivity index (χ4n) is 1.46. The minimum atomic E-state index is -0.651. The minimum Gasteiger partial charge on any atom is -0.400 e. The van der Waals surface area contributed by atoms with Crippen molar-refractivity contribution in [2.45, 2.75) is 6.42 Å². The molecular weight excluding hydrogens is 308 g/mol. The Hall–Kier alpha value is -3.28. The number of rotatable bonds is 8. The first-order valence-electron chi connectivity index (χ1n) is 6.48. The lowest BCUT2D eigenvalue weighted by molar-refractivity contribution is -0.402. The topological polar surface area (TPSA) is 178 Å². The molecule has 5 N–H and O–H groups in total. The highest BCUT2D eigenvalue weighted by Gasteiger charge is 2.10. The van der Waals surface area contributed by atoms with Gasteiger partial charge in [0.1, 0.15) is 4.92 Å². The van der Waals surface area contributed by atoms with Gasteiger partial charge in [0.05, 0.1) is 12.3 Å². The van der Waals surface area contributed by atoms with E-state index in [2.05, 4.69) is 30.8 Å². The summed E-state index contributed by atoms with van der Waals surface area (Å²) in [5.74, 6) is 0.107. The summed E-state index contributed by atoms with van der Waals surface area (Å²) in [7, 11) is 0. The van der Waals surface area contributed by atoms with Gasteiger partial charge in [-0.05, 0) is 12.5 Å². The Kier molecular flexibility index (Phi) is 5.35. The molecule has 0 amide bonds. The smallest absolute Gasteiger partial charge is 0.400 e. The SMILES string of the molecule is Nc1nc(NCCCO)nc(N/N=C/c2ccc([N+](=O)[O-])o2)n1. The maximum Gasteiger partial charge on any atom is 0.433 e. The molecule has 12 heteroatoms. The van der Waals surface area contributed by atoms with E-state index >= 15 is 0 Å². The molecule has 0 aliphatic carbocycles. The van der Waals surface area contributed by atoms with E-state index < -0.39 is 4.92 Å². The van der Waals surface area contributed by atoms with Crippen molar-refractivity contribution in [2.24, 2.45) is 5.10 Å². The molecule has 122 valence electrons. The summed E-state index contributed by atoms with van der Waals surface area (Å²) in [6.07, 6.45) is 1.76. The Balaban J connectivity index is 1.98. The van der Waals surface area contributed by atoms with Gasteiger partial charge in [0.15, 0.2) is 5.76 Å². The number of hydrazone groups is 1. The number of aliphatic hydroxyl groups is 1. The zero-order valence-corrected chi connectivity index (χ0v) is 11.8. The van der Waals surface area contributed by atoms with E-state index in [1.54, 1.807) is 0 Å². The summed E-state index contributed by atoms with van der Waals surface area (Å²) in [6, 6.07) is 2.61. The van der Waals surface area contributed by atoms with Gasteiger partial charge >= 0.3 is 5.88 Å². The van der Waals surface area contributed by atoms with Gasteiger partial charge in [-0.1, -0.05) is 0 Å². The van der Waals surface area contributed by atoms with E-state index in [9.17, 15) is 10.1 Å². The van der Waals surface area contributed by atoms with Crippen LogP contribution in [-0.2, 0) is 0 Å². The van der Waals surface area contributed by atoms with E-state index in [4.69, 9.17) is 15.3 Å². The van der Waals surface area contributed by atoms with Crippen molar-refractivity contribution >= 4 is 29.9 Å². The van der Waals surface area contributed by atoms with Gasteiger partial charge in [-0.25, -0.2) is 5.43 Å². The molecule has 2 aromatic rings. The van der Waals surface area contributed by atoms with Gasteiger partial charge in [-0.3, -0.25) is 10.1 Å². The Morgan fingerprint density at radius 2 is 2.17 bits per heavy atom. The Bertz CT molecular complexity index is 701. The second kappa shape index (κ2) is 7.65. The number of aromatic nitrogens is 3. The summed E-state index contributed by atoms with van der Waals surface area (Å²) >= 11 is 0. The molecule has 23 heavy (non-hydrogen) atoms. The molecule has 2 heterocycles. The van der Waals surface area contributed by atoms with Crippen LogP contribution in [0.5, 0.6) is 0 Å². The zero-order chi connectivity index (χ0) is 16.7. The summed E-state index contributed by atoms with van der Waals surface area (Å²) in [5, 5.41) is 25.9. The monoisotopic (exact) mass is 322 g/mol. The highest BCUT2D eigenvalue weighted by molar-refractivity contribution is 5.76. The Labute approximate surface area is 129 Å². The second-order valence-electron chi connectivity index (χ2n) is 4.15. The highest BCUT2D eigenvalue weighted by Crippen LogP contribution is 2.14. The molecule has 2 aromatic heterocycles. The van der Waals surface area contributed by atoms with Crippen molar-refractivity contribution < 1.29 is 14.4 Å². The molecule has 12 nitrogen and oxygen atoms in total. The van der Waals surface area contributed by atoms with Crippen LogP contribution in [0.4, 0.5) is 23.7 Å². The summed E-state index contributed by atoms with van der Waals surface area (Å²) in [5.41, 5.74) is 8.06. The number of nitrogen functional groups attached to an aromatic ring is 1. The van der Waals surface area contributed by atoms with Crippen LogP contribution < -0.4 is 16.5 Å². The van der Waals surface area contributed by atoms with Crippen LogP contribution >= 0.6 is 0 Å². The molecule has 0 aromatic carbocycles. The number of nitro groups is 1. The fraction of sp³-hybridized carbons (Fsp3) is 0.273. The third-order valence-electron chi connectivity index (χ3n) is 2.42. The fourth-order valence-corrected chi connectivity index (χ4v) is 1.46. The molecule has 0 saturated heterocycles. The third kappa shape index (κ3) is 4.89. The third-order valence-corrected chi connectivity index (χ3v) is 2.42. The van der Waals surface area contributed by atoms with Gasteiger partial charge in [0.2, 0.25) is 17.8 Å². The molecular formula is C11H14N8O4. The first-order chi connectivity index (χ1) is 11.1. The van der Waals surface area contributed by atoms with Crippen molar-refractivity contribution in [3.05, 3.63) is 28.0 Å². The average Bonchev–Trinajstić information content (AvgIpc) is 2.96. The largest absolute Gasteiger partial charge is 0.433 e. The highest BCUT2D eigenvalue weighted by atomic mass is 16.6. The number of nitrogens with zero attached hydrogens (tertiary/aromatic N) is 5. The van der Waals surface area contributed by atoms with Crippen LogP contribution in [-0.4, -0.2) is 44.3 Å². The molecule has 0 atom stereocenters. The van der Waals surface area contributed by atoms with Gasteiger partial charge in [-0.15, -0.1) is 0 Å². The van der Waals surface area contributed by atoms with E-state index in [1.807, 2.05) is 0 Å². The number of anilines is 3. The number of hydrogen-bond acceptors (Lipinski definition) is 11. The maximum absolute atomic E-state index is 10.5. The van der Waals surface area contributed by atoms with Gasteiger partial charge in [0.25, 0.3) is 0 Å². The van der Waals surface area contributed by atoms with Crippen LogP contribution in [0.1, 0.15) is 12.2 Å². The van der Waals surface area contributed by atoms with Crippen LogP contribution in [0.3, 0.4) is 0 Å². The molecule has 0 fully saturated rings. The Morgan fingerprint density at radius 1 is 1.39 bits per heavy atom. The molecule has 0 radical (unpaired) electrons. The van der Waals surface area contributed by atoms with Crippen molar-refractivity contribution in [3.8, 4) is 0 Å². The summed E-state index contributed by atoms with van der Waals surface area (Å²) in [4.78, 5) is 21.5. The Morgan fingerprint density at radius 3 is 2.87 bits per heavy atom. The lowest BCUT2D eigenvalue weighted by atomic mass is 10.4. The van der Waals surface area contributed by atoms with Crippen LogP contribution in [0, 0.1) is 10.1 Å².